The Morgan fingerprint density at radius 3 is 1.95 bits per heavy atom. The van der Waals surface area contributed by atoms with Gasteiger partial charge in [-0.15, -0.1) is 0 Å². The molecule has 1 aromatic carbocycles. The summed E-state index contributed by atoms with van der Waals surface area (Å²) in [6.07, 6.45) is 0.900. The van der Waals surface area contributed by atoms with Crippen LogP contribution in [0, 0.1) is 0 Å². The largest absolute Gasteiger partial charge is 0.272 e. The van der Waals surface area contributed by atoms with E-state index >= 15 is 0 Å². The third-order valence-corrected chi connectivity index (χ3v) is 3.79. The molecule has 0 fully saturated rings. The lowest BCUT2D eigenvalue weighted by molar-refractivity contribution is 0.492. The van der Waals surface area contributed by atoms with Crippen LogP contribution < -0.4 is 0 Å². The van der Waals surface area contributed by atoms with E-state index in [-0.39, 0.29) is 10.8 Å². The number of rotatable bonds is 2. The molecule has 0 bridgehead atoms. The number of benzene rings is 1. The summed E-state index contributed by atoms with van der Waals surface area (Å²) in [7, 11) is 2.07. The maximum Gasteiger partial charge on any atom is 0.0708 e. The Morgan fingerprint density at radius 2 is 1.48 bits per heavy atom. The lowest BCUT2D eigenvalue weighted by Crippen LogP contribution is -2.24. The van der Waals surface area contributed by atoms with Gasteiger partial charge in [0.1, 0.15) is 0 Å². The number of aromatic nitrogens is 2. The van der Waals surface area contributed by atoms with Crippen molar-refractivity contribution in [2.75, 3.05) is 0 Å². The van der Waals surface area contributed by atoms with Gasteiger partial charge in [-0.25, -0.2) is 0 Å². The molecule has 0 radical (unpaired) electrons. The summed E-state index contributed by atoms with van der Waals surface area (Å²) in [4.78, 5) is 0. The van der Waals surface area contributed by atoms with Crippen molar-refractivity contribution in [3.8, 4) is 0 Å². The fourth-order valence-corrected chi connectivity index (χ4v) is 3.14. The minimum absolute atomic E-state index is 0.0965. The summed E-state index contributed by atoms with van der Waals surface area (Å²) in [6, 6.07) is 10.6. The van der Waals surface area contributed by atoms with Gasteiger partial charge in [-0.05, 0) is 11.0 Å². The van der Waals surface area contributed by atoms with E-state index in [1.807, 2.05) is 0 Å². The van der Waals surface area contributed by atoms with Gasteiger partial charge in [0.25, 0.3) is 0 Å². The Kier molecular flexibility index (Phi) is 4.01. The number of nitrogens with zero attached hydrogens (tertiary/aromatic N) is 2. The topological polar surface area (TPSA) is 17.8 Å². The quantitative estimate of drug-likeness (QED) is 0.787. The SMILES string of the molecule is Cn1nc(Cc2ccccc2)c(C(C)(C)C)c1C(C)(C)C. The van der Waals surface area contributed by atoms with Gasteiger partial charge in [0.15, 0.2) is 0 Å². The fraction of sp³-hybridized carbons (Fsp3) is 0.526. The van der Waals surface area contributed by atoms with Crippen LogP contribution in [0.2, 0.25) is 0 Å². The second-order valence-corrected chi connectivity index (χ2v) is 7.96. The van der Waals surface area contributed by atoms with E-state index in [4.69, 9.17) is 5.10 Å². The summed E-state index contributed by atoms with van der Waals surface area (Å²) < 4.78 is 2.08. The number of aryl methyl sites for hydroxylation is 1. The standard InChI is InChI=1S/C19H28N2/c1-18(2,3)16-15(13-14-11-9-8-10-12-14)20-21(7)17(16)19(4,5)6/h8-12H,13H2,1-7H3. The van der Waals surface area contributed by atoms with Crippen molar-refractivity contribution in [1.29, 1.82) is 0 Å². The molecule has 0 saturated carbocycles. The second-order valence-electron chi connectivity index (χ2n) is 7.96. The molecule has 2 nitrogen and oxygen atoms in total. The highest BCUT2D eigenvalue weighted by Gasteiger charge is 2.32. The fourth-order valence-electron chi connectivity index (χ4n) is 3.14. The minimum Gasteiger partial charge on any atom is -0.272 e. The molecule has 0 aliphatic carbocycles. The molecule has 2 heteroatoms. The Morgan fingerprint density at radius 1 is 0.905 bits per heavy atom. The molecule has 0 unspecified atom stereocenters. The van der Waals surface area contributed by atoms with Gasteiger partial charge in [0, 0.05) is 30.1 Å². The highest BCUT2D eigenvalue weighted by molar-refractivity contribution is 5.39. The van der Waals surface area contributed by atoms with E-state index in [2.05, 4.69) is 83.6 Å². The second kappa shape index (κ2) is 5.32. The van der Waals surface area contributed by atoms with Crippen LogP contribution in [0.15, 0.2) is 30.3 Å². The molecule has 1 aromatic heterocycles. The molecule has 114 valence electrons. The van der Waals surface area contributed by atoms with E-state index in [1.165, 1.54) is 22.5 Å². The first-order chi connectivity index (χ1) is 9.60. The van der Waals surface area contributed by atoms with Crippen molar-refractivity contribution in [1.82, 2.24) is 9.78 Å². The van der Waals surface area contributed by atoms with E-state index < -0.39 is 0 Å². The van der Waals surface area contributed by atoms with E-state index in [0.717, 1.165) is 6.42 Å². The van der Waals surface area contributed by atoms with Crippen LogP contribution in [0.25, 0.3) is 0 Å². The highest BCUT2D eigenvalue weighted by atomic mass is 15.3. The van der Waals surface area contributed by atoms with Crippen LogP contribution in [-0.4, -0.2) is 9.78 Å². The molecule has 2 rings (SSSR count). The summed E-state index contributed by atoms with van der Waals surface area (Å²) in [6.45, 7) is 13.7. The molecule has 2 aromatic rings. The molecule has 1 heterocycles. The molecule has 0 amide bonds. The normalized spacial score (nSPS) is 12.7. The van der Waals surface area contributed by atoms with Crippen LogP contribution in [0.5, 0.6) is 0 Å². The first kappa shape index (κ1) is 15.8. The average Bonchev–Trinajstić information content (AvgIpc) is 2.66. The third kappa shape index (κ3) is 3.37. The van der Waals surface area contributed by atoms with Gasteiger partial charge < -0.3 is 0 Å². The molecule has 0 atom stereocenters. The maximum absolute atomic E-state index is 4.86. The van der Waals surface area contributed by atoms with Crippen molar-refractivity contribution in [3.05, 3.63) is 52.8 Å². The molecular weight excluding hydrogens is 256 g/mol. The van der Waals surface area contributed by atoms with Gasteiger partial charge in [-0.1, -0.05) is 71.9 Å². The zero-order valence-electron chi connectivity index (χ0n) is 14.5. The van der Waals surface area contributed by atoms with Gasteiger partial charge in [0.2, 0.25) is 0 Å². The predicted molar refractivity (Wildman–Crippen MR) is 89.9 cm³/mol. The molecule has 0 spiro atoms. The third-order valence-electron chi connectivity index (χ3n) is 3.79. The smallest absolute Gasteiger partial charge is 0.0708 e. The molecule has 0 aliphatic rings. The van der Waals surface area contributed by atoms with Crippen molar-refractivity contribution in [2.24, 2.45) is 7.05 Å². The van der Waals surface area contributed by atoms with Gasteiger partial charge in [-0.2, -0.15) is 5.10 Å². The van der Waals surface area contributed by atoms with Crippen LogP contribution in [0.1, 0.15) is 64.1 Å². The van der Waals surface area contributed by atoms with Crippen LogP contribution in [-0.2, 0) is 24.3 Å². The number of hydrogen-bond donors (Lipinski definition) is 0. The van der Waals surface area contributed by atoms with Crippen molar-refractivity contribution in [2.45, 2.75) is 58.8 Å². The van der Waals surface area contributed by atoms with Crippen LogP contribution in [0.3, 0.4) is 0 Å². The van der Waals surface area contributed by atoms with Gasteiger partial charge in [0.05, 0.1) is 5.69 Å². The van der Waals surface area contributed by atoms with E-state index in [9.17, 15) is 0 Å². The molecular formula is C19H28N2. The minimum atomic E-state index is 0.0965. The van der Waals surface area contributed by atoms with Gasteiger partial charge >= 0.3 is 0 Å². The lowest BCUT2D eigenvalue weighted by atomic mass is 9.77. The van der Waals surface area contributed by atoms with E-state index in [1.54, 1.807) is 0 Å². The zero-order valence-corrected chi connectivity index (χ0v) is 14.5. The monoisotopic (exact) mass is 284 g/mol. The van der Waals surface area contributed by atoms with Crippen molar-refractivity contribution >= 4 is 0 Å². The first-order valence-electron chi connectivity index (χ1n) is 7.71. The molecule has 21 heavy (non-hydrogen) atoms. The Balaban J connectivity index is 2.57. The van der Waals surface area contributed by atoms with Crippen LogP contribution in [0.4, 0.5) is 0 Å². The summed E-state index contributed by atoms with van der Waals surface area (Å²) in [5, 5.41) is 4.86. The summed E-state index contributed by atoms with van der Waals surface area (Å²) in [5.74, 6) is 0. The Labute approximate surface area is 129 Å². The molecule has 0 N–H and O–H groups in total. The average molecular weight is 284 g/mol. The Bertz CT molecular complexity index is 607. The molecule has 0 saturated heterocycles. The lowest BCUT2D eigenvalue weighted by Gasteiger charge is -2.28. The van der Waals surface area contributed by atoms with Crippen molar-refractivity contribution < 1.29 is 0 Å². The zero-order chi connectivity index (χ0) is 15.8. The highest BCUT2D eigenvalue weighted by Crippen LogP contribution is 2.36. The maximum atomic E-state index is 4.86. The van der Waals surface area contributed by atoms with Crippen molar-refractivity contribution in [3.63, 3.8) is 0 Å². The predicted octanol–water partition coefficient (Wildman–Crippen LogP) is 4.61. The Hall–Kier alpha value is -1.57. The molecule has 0 aliphatic heterocycles. The van der Waals surface area contributed by atoms with Gasteiger partial charge in [-0.3, -0.25) is 4.68 Å². The number of hydrogen-bond acceptors (Lipinski definition) is 1. The van der Waals surface area contributed by atoms with E-state index in [0.29, 0.717) is 0 Å². The summed E-state index contributed by atoms with van der Waals surface area (Å²) in [5.41, 5.74) is 5.48. The van der Waals surface area contributed by atoms with Crippen LogP contribution >= 0.6 is 0 Å². The first-order valence-corrected chi connectivity index (χ1v) is 7.71. The summed E-state index contributed by atoms with van der Waals surface area (Å²) >= 11 is 0.